The molecule has 0 aromatic carbocycles. The van der Waals surface area contributed by atoms with Gasteiger partial charge < -0.3 is 9.47 Å². The van der Waals surface area contributed by atoms with Crippen LogP contribution in [0.3, 0.4) is 0 Å². The summed E-state index contributed by atoms with van der Waals surface area (Å²) in [6.45, 7) is 0. The molecule has 0 spiro atoms. The van der Waals surface area contributed by atoms with E-state index >= 15 is 0 Å². The molecule has 1 aliphatic rings. The van der Waals surface area contributed by atoms with Crippen molar-refractivity contribution in [3.63, 3.8) is 0 Å². The van der Waals surface area contributed by atoms with Crippen molar-refractivity contribution in [2.75, 3.05) is 25.7 Å². The summed E-state index contributed by atoms with van der Waals surface area (Å²) in [4.78, 5) is 22.4. The van der Waals surface area contributed by atoms with E-state index < -0.39 is 0 Å². The van der Waals surface area contributed by atoms with Gasteiger partial charge in [-0.2, -0.15) is 11.8 Å². The first-order chi connectivity index (χ1) is 6.20. The van der Waals surface area contributed by atoms with Crippen LogP contribution in [0.5, 0.6) is 0 Å². The molecule has 4 nitrogen and oxygen atoms in total. The van der Waals surface area contributed by atoms with Crippen LogP contribution in [0.25, 0.3) is 0 Å². The average molecular weight is 204 g/mol. The fourth-order valence-corrected chi connectivity index (χ4v) is 2.70. The van der Waals surface area contributed by atoms with Crippen molar-refractivity contribution in [2.24, 2.45) is 11.8 Å². The Morgan fingerprint density at radius 2 is 1.46 bits per heavy atom. The van der Waals surface area contributed by atoms with Crippen molar-refractivity contribution in [3.8, 4) is 0 Å². The molecule has 0 amide bonds. The molecule has 0 saturated carbocycles. The van der Waals surface area contributed by atoms with Gasteiger partial charge in [0.25, 0.3) is 0 Å². The summed E-state index contributed by atoms with van der Waals surface area (Å²) >= 11 is 1.58. The highest BCUT2D eigenvalue weighted by Crippen LogP contribution is 2.31. The molecule has 74 valence electrons. The largest absolute Gasteiger partial charge is 0.469 e. The summed E-state index contributed by atoms with van der Waals surface area (Å²) in [7, 11) is 2.67. The Labute approximate surface area is 81.0 Å². The molecule has 0 N–H and O–H groups in total. The molecule has 1 saturated heterocycles. The van der Waals surface area contributed by atoms with Crippen LogP contribution in [0.15, 0.2) is 0 Å². The van der Waals surface area contributed by atoms with E-state index in [0.29, 0.717) is 11.5 Å². The minimum absolute atomic E-state index is 0.319. The molecule has 5 heteroatoms. The first kappa shape index (κ1) is 10.4. The van der Waals surface area contributed by atoms with Crippen LogP contribution in [0.4, 0.5) is 0 Å². The Morgan fingerprint density at radius 3 is 1.77 bits per heavy atom. The van der Waals surface area contributed by atoms with Gasteiger partial charge in [0.1, 0.15) is 0 Å². The molecule has 1 aliphatic heterocycles. The Balaban J connectivity index is 2.63. The number of thioether (sulfide) groups is 1. The fraction of sp³-hybridized carbons (Fsp3) is 0.750. The molecule has 0 aromatic heterocycles. The SMILES string of the molecule is COC(=O)[C@H]1CSC[C@@H]1C(=O)OC. The second-order valence-corrected chi connectivity index (χ2v) is 3.87. The van der Waals surface area contributed by atoms with Crippen molar-refractivity contribution in [1.82, 2.24) is 0 Å². The second kappa shape index (κ2) is 4.50. The summed E-state index contributed by atoms with van der Waals surface area (Å²) in [6, 6.07) is 0. The first-order valence-electron chi connectivity index (χ1n) is 3.94. The van der Waals surface area contributed by atoms with E-state index in [1.165, 1.54) is 14.2 Å². The number of carbonyl (C=O) groups is 2. The van der Waals surface area contributed by atoms with E-state index in [2.05, 4.69) is 9.47 Å². The van der Waals surface area contributed by atoms with Crippen molar-refractivity contribution in [2.45, 2.75) is 0 Å². The maximum absolute atomic E-state index is 11.2. The zero-order chi connectivity index (χ0) is 9.84. The standard InChI is InChI=1S/C8H12O4S/c1-11-7(9)5-3-13-4-6(5)8(10)12-2/h5-6H,3-4H2,1-2H3/t5-,6-/m0/s1. The quantitative estimate of drug-likeness (QED) is 0.606. The molecule has 13 heavy (non-hydrogen) atoms. The van der Waals surface area contributed by atoms with E-state index in [1.807, 2.05) is 0 Å². The smallest absolute Gasteiger partial charge is 0.310 e. The van der Waals surface area contributed by atoms with Crippen LogP contribution in [0.1, 0.15) is 0 Å². The van der Waals surface area contributed by atoms with Gasteiger partial charge in [0.05, 0.1) is 26.1 Å². The third-order valence-corrected chi connectivity index (χ3v) is 3.28. The monoisotopic (exact) mass is 204 g/mol. The first-order valence-corrected chi connectivity index (χ1v) is 5.09. The number of methoxy groups -OCH3 is 2. The second-order valence-electron chi connectivity index (χ2n) is 2.80. The summed E-state index contributed by atoms with van der Waals surface area (Å²) in [5, 5.41) is 0. The lowest BCUT2D eigenvalue weighted by Gasteiger charge is -2.13. The van der Waals surface area contributed by atoms with Crippen LogP contribution in [0, 0.1) is 11.8 Å². The van der Waals surface area contributed by atoms with Crippen molar-refractivity contribution >= 4 is 23.7 Å². The highest BCUT2D eigenvalue weighted by atomic mass is 32.2. The lowest BCUT2D eigenvalue weighted by atomic mass is 9.96. The summed E-state index contributed by atoms with van der Waals surface area (Å²) in [5.41, 5.74) is 0. The average Bonchev–Trinajstić information content (AvgIpc) is 2.63. The number of esters is 2. The van der Waals surface area contributed by atoms with Crippen LogP contribution in [-0.2, 0) is 19.1 Å². The van der Waals surface area contributed by atoms with Crippen LogP contribution >= 0.6 is 11.8 Å². The van der Waals surface area contributed by atoms with Gasteiger partial charge in [0.2, 0.25) is 0 Å². The van der Waals surface area contributed by atoms with Crippen LogP contribution < -0.4 is 0 Å². The molecule has 0 bridgehead atoms. The van der Waals surface area contributed by atoms with Gasteiger partial charge in [-0.3, -0.25) is 9.59 Å². The highest BCUT2D eigenvalue weighted by molar-refractivity contribution is 7.99. The maximum Gasteiger partial charge on any atom is 0.310 e. The van der Waals surface area contributed by atoms with E-state index in [1.54, 1.807) is 11.8 Å². The third kappa shape index (κ3) is 2.15. The van der Waals surface area contributed by atoms with E-state index in [-0.39, 0.29) is 23.8 Å². The molecule has 1 heterocycles. The van der Waals surface area contributed by atoms with Gasteiger partial charge in [-0.15, -0.1) is 0 Å². The lowest BCUT2D eigenvalue weighted by Crippen LogP contribution is -2.30. The number of ether oxygens (including phenoxy) is 2. The maximum atomic E-state index is 11.2. The number of hydrogen-bond donors (Lipinski definition) is 0. The van der Waals surface area contributed by atoms with Crippen LogP contribution in [-0.4, -0.2) is 37.7 Å². The van der Waals surface area contributed by atoms with Gasteiger partial charge in [-0.25, -0.2) is 0 Å². The van der Waals surface area contributed by atoms with Gasteiger partial charge in [0.15, 0.2) is 0 Å². The summed E-state index contributed by atoms with van der Waals surface area (Å²) < 4.78 is 9.20. The highest BCUT2D eigenvalue weighted by Gasteiger charge is 2.39. The predicted octanol–water partition coefficient (Wildman–Crippen LogP) is 0.312. The van der Waals surface area contributed by atoms with Gasteiger partial charge >= 0.3 is 11.9 Å². The summed E-state index contributed by atoms with van der Waals surface area (Å²) in [6.07, 6.45) is 0. The Kier molecular flexibility index (Phi) is 3.59. The molecule has 0 radical (unpaired) electrons. The zero-order valence-corrected chi connectivity index (χ0v) is 8.43. The molecule has 2 atom stereocenters. The zero-order valence-electron chi connectivity index (χ0n) is 7.61. The molecular weight excluding hydrogens is 192 g/mol. The van der Waals surface area contributed by atoms with E-state index in [0.717, 1.165) is 0 Å². The number of carbonyl (C=O) groups excluding carboxylic acids is 2. The molecule has 0 unspecified atom stereocenters. The summed E-state index contributed by atoms with van der Waals surface area (Å²) in [5.74, 6) is -0.00972. The van der Waals surface area contributed by atoms with Crippen molar-refractivity contribution in [3.05, 3.63) is 0 Å². The predicted molar refractivity (Wildman–Crippen MR) is 48.3 cm³/mol. The minimum atomic E-state index is -0.331. The van der Waals surface area contributed by atoms with Gasteiger partial charge in [-0.05, 0) is 0 Å². The normalized spacial score (nSPS) is 26.9. The van der Waals surface area contributed by atoms with E-state index in [4.69, 9.17) is 0 Å². The van der Waals surface area contributed by atoms with Crippen molar-refractivity contribution < 1.29 is 19.1 Å². The number of rotatable bonds is 2. The van der Waals surface area contributed by atoms with Gasteiger partial charge in [0, 0.05) is 11.5 Å². The molecule has 1 fully saturated rings. The topological polar surface area (TPSA) is 52.6 Å². The Bertz CT molecular complexity index is 194. The lowest BCUT2D eigenvalue weighted by molar-refractivity contribution is -0.155. The fourth-order valence-electron chi connectivity index (χ4n) is 1.32. The minimum Gasteiger partial charge on any atom is -0.469 e. The molecule has 1 rings (SSSR count). The van der Waals surface area contributed by atoms with E-state index in [9.17, 15) is 9.59 Å². The van der Waals surface area contributed by atoms with Gasteiger partial charge in [-0.1, -0.05) is 0 Å². The Hall–Kier alpha value is -0.710. The number of hydrogen-bond acceptors (Lipinski definition) is 5. The van der Waals surface area contributed by atoms with Crippen molar-refractivity contribution in [1.29, 1.82) is 0 Å². The molecular formula is C8H12O4S. The van der Waals surface area contributed by atoms with Crippen LogP contribution in [0.2, 0.25) is 0 Å². The molecule has 0 aromatic rings. The Morgan fingerprint density at radius 1 is 1.08 bits per heavy atom. The third-order valence-electron chi connectivity index (χ3n) is 2.09. The molecule has 0 aliphatic carbocycles.